The molecule has 0 aliphatic rings. The van der Waals surface area contributed by atoms with Gasteiger partial charge in [-0.25, -0.2) is 4.79 Å². The quantitative estimate of drug-likeness (QED) is 0.395. The topological polar surface area (TPSA) is 26.3 Å². The van der Waals surface area contributed by atoms with Crippen LogP contribution >= 0.6 is 15.9 Å². The van der Waals surface area contributed by atoms with Crippen molar-refractivity contribution in [2.45, 2.75) is 26.7 Å². The molecule has 0 spiro atoms. The third-order valence-corrected chi connectivity index (χ3v) is 5.02. The number of fused-ring (bicyclic) bond motifs is 1. The fourth-order valence-electron chi connectivity index (χ4n) is 2.63. The molecule has 122 valence electrons. The van der Waals surface area contributed by atoms with Gasteiger partial charge in [0.15, 0.2) is 0 Å². The first-order valence-corrected chi connectivity index (χ1v) is 8.76. The fraction of sp³-hybridized carbons (Fsp3) is 0.190. The van der Waals surface area contributed by atoms with Gasteiger partial charge in [0.1, 0.15) is 5.75 Å². The van der Waals surface area contributed by atoms with Crippen LogP contribution in [0, 0.1) is 6.92 Å². The van der Waals surface area contributed by atoms with Crippen LogP contribution in [0.3, 0.4) is 0 Å². The molecule has 3 rings (SSSR count). The number of rotatable bonds is 3. The minimum absolute atomic E-state index is 0.350. The third-order valence-electron chi connectivity index (χ3n) is 4.16. The van der Waals surface area contributed by atoms with Crippen LogP contribution in [0.15, 0.2) is 59.1 Å². The SMILES string of the molecule is Cc1ccc(C(C)C)cc1OC(=O)c1ccc2ccccc2c1Br. The van der Waals surface area contributed by atoms with Crippen molar-refractivity contribution < 1.29 is 9.53 Å². The first kappa shape index (κ1) is 16.7. The summed E-state index contributed by atoms with van der Waals surface area (Å²) in [4.78, 5) is 12.7. The molecule has 0 saturated heterocycles. The average molecular weight is 383 g/mol. The summed E-state index contributed by atoms with van der Waals surface area (Å²) in [7, 11) is 0. The lowest BCUT2D eigenvalue weighted by atomic mass is 10.0. The molecule has 0 radical (unpaired) electrons. The minimum Gasteiger partial charge on any atom is -0.423 e. The van der Waals surface area contributed by atoms with Gasteiger partial charge in [0.05, 0.1) is 5.56 Å². The highest BCUT2D eigenvalue weighted by atomic mass is 79.9. The van der Waals surface area contributed by atoms with Gasteiger partial charge in [-0.05, 0) is 62.8 Å². The molecule has 0 heterocycles. The van der Waals surface area contributed by atoms with Gasteiger partial charge >= 0.3 is 5.97 Å². The molecule has 3 aromatic rings. The van der Waals surface area contributed by atoms with Crippen LogP contribution in [-0.4, -0.2) is 5.97 Å². The number of halogens is 1. The van der Waals surface area contributed by atoms with Crippen molar-refractivity contribution in [3.05, 3.63) is 75.8 Å². The van der Waals surface area contributed by atoms with Gasteiger partial charge in [-0.2, -0.15) is 0 Å². The van der Waals surface area contributed by atoms with E-state index in [-0.39, 0.29) is 5.97 Å². The average Bonchev–Trinajstić information content (AvgIpc) is 2.57. The van der Waals surface area contributed by atoms with E-state index in [1.807, 2.05) is 49.4 Å². The highest BCUT2D eigenvalue weighted by Crippen LogP contribution is 2.30. The zero-order chi connectivity index (χ0) is 17.3. The lowest BCUT2D eigenvalue weighted by Gasteiger charge is -2.13. The second kappa shape index (κ2) is 6.78. The van der Waals surface area contributed by atoms with E-state index in [0.717, 1.165) is 26.4 Å². The van der Waals surface area contributed by atoms with E-state index in [1.54, 1.807) is 6.07 Å². The highest BCUT2D eigenvalue weighted by Gasteiger charge is 2.16. The van der Waals surface area contributed by atoms with E-state index >= 15 is 0 Å². The molecule has 0 aromatic heterocycles. The molecule has 3 aromatic carbocycles. The van der Waals surface area contributed by atoms with Gasteiger partial charge in [-0.1, -0.05) is 56.3 Å². The first-order chi connectivity index (χ1) is 11.5. The summed E-state index contributed by atoms with van der Waals surface area (Å²) in [6.07, 6.45) is 0. The Morgan fingerprint density at radius 2 is 1.79 bits per heavy atom. The molecule has 0 bridgehead atoms. The van der Waals surface area contributed by atoms with E-state index in [4.69, 9.17) is 4.74 Å². The van der Waals surface area contributed by atoms with Crippen molar-refractivity contribution >= 4 is 32.7 Å². The van der Waals surface area contributed by atoms with Crippen LogP contribution in [0.1, 0.15) is 41.3 Å². The molecule has 3 heteroatoms. The Morgan fingerprint density at radius 3 is 2.54 bits per heavy atom. The predicted octanol–water partition coefficient (Wildman–Crippen LogP) is 6.25. The van der Waals surface area contributed by atoms with Crippen LogP contribution < -0.4 is 4.74 Å². The van der Waals surface area contributed by atoms with Crippen molar-refractivity contribution in [3.8, 4) is 5.75 Å². The summed E-state index contributed by atoms with van der Waals surface area (Å²) in [5.74, 6) is 0.651. The summed E-state index contributed by atoms with van der Waals surface area (Å²) in [5.41, 5.74) is 2.63. The predicted molar refractivity (Wildman–Crippen MR) is 102 cm³/mol. The van der Waals surface area contributed by atoms with Crippen molar-refractivity contribution in [3.63, 3.8) is 0 Å². The van der Waals surface area contributed by atoms with E-state index in [1.165, 1.54) is 0 Å². The Labute approximate surface area is 150 Å². The number of carbonyl (C=O) groups is 1. The van der Waals surface area contributed by atoms with Crippen LogP contribution in [0.4, 0.5) is 0 Å². The van der Waals surface area contributed by atoms with Gasteiger partial charge in [-0.3, -0.25) is 0 Å². The van der Waals surface area contributed by atoms with Crippen molar-refractivity contribution in [2.75, 3.05) is 0 Å². The zero-order valence-corrected chi connectivity index (χ0v) is 15.6. The van der Waals surface area contributed by atoms with Crippen LogP contribution in [0.2, 0.25) is 0 Å². The molecular weight excluding hydrogens is 364 g/mol. The monoisotopic (exact) mass is 382 g/mol. The minimum atomic E-state index is -0.350. The van der Waals surface area contributed by atoms with Gasteiger partial charge in [0.25, 0.3) is 0 Å². The van der Waals surface area contributed by atoms with E-state index in [2.05, 4.69) is 35.8 Å². The van der Waals surface area contributed by atoms with E-state index < -0.39 is 0 Å². The maximum absolute atomic E-state index is 12.7. The van der Waals surface area contributed by atoms with Gasteiger partial charge < -0.3 is 4.74 Å². The molecule has 0 N–H and O–H groups in total. The van der Waals surface area contributed by atoms with Crippen LogP contribution in [0.5, 0.6) is 5.75 Å². The summed E-state index contributed by atoms with van der Waals surface area (Å²) in [6.45, 7) is 6.19. The number of esters is 1. The number of benzene rings is 3. The fourth-order valence-corrected chi connectivity index (χ4v) is 3.29. The Hall–Kier alpha value is -2.13. The molecule has 0 aliphatic carbocycles. The molecule has 0 atom stereocenters. The Balaban J connectivity index is 1.96. The molecular formula is C21H19BrO2. The second-order valence-corrected chi connectivity index (χ2v) is 7.01. The number of hydrogen-bond acceptors (Lipinski definition) is 2. The zero-order valence-electron chi connectivity index (χ0n) is 14.0. The van der Waals surface area contributed by atoms with Gasteiger partial charge in [0.2, 0.25) is 0 Å². The third kappa shape index (κ3) is 3.22. The van der Waals surface area contributed by atoms with E-state index in [9.17, 15) is 4.79 Å². The largest absolute Gasteiger partial charge is 0.423 e. The number of hydrogen-bond donors (Lipinski definition) is 0. The van der Waals surface area contributed by atoms with Crippen molar-refractivity contribution in [2.24, 2.45) is 0 Å². The van der Waals surface area contributed by atoms with Crippen molar-refractivity contribution in [1.29, 1.82) is 0 Å². The highest BCUT2D eigenvalue weighted by molar-refractivity contribution is 9.10. The Bertz CT molecular complexity index is 913. The maximum Gasteiger partial charge on any atom is 0.344 e. The molecule has 0 amide bonds. The number of ether oxygens (including phenoxy) is 1. The summed E-state index contributed by atoms with van der Waals surface area (Å²) >= 11 is 3.55. The maximum atomic E-state index is 12.7. The number of carbonyl (C=O) groups excluding carboxylic acids is 1. The molecule has 24 heavy (non-hydrogen) atoms. The summed E-state index contributed by atoms with van der Waals surface area (Å²) < 4.78 is 6.45. The molecule has 0 fully saturated rings. The van der Waals surface area contributed by atoms with Gasteiger partial charge in [-0.15, -0.1) is 0 Å². The number of aryl methyl sites for hydroxylation is 1. The second-order valence-electron chi connectivity index (χ2n) is 6.22. The molecule has 0 aliphatic heterocycles. The van der Waals surface area contributed by atoms with Crippen LogP contribution in [0.25, 0.3) is 10.8 Å². The molecule has 2 nitrogen and oxygen atoms in total. The van der Waals surface area contributed by atoms with Crippen molar-refractivity contribution in [1.82, 2.24) is 0 Å². The Kier molecular flexibility index (Phi) is 4.72. The normalized spacial score (nSPS) is 11.0. The van der Waals surface area contributed by atoms with Gasteiger partial charge in [0, 0.05) is 4.47 Å². The lowest BCUT2D eigenvalue weighted by molar-refractivity contribution is 0.0732. The molecule has 0 unspecified atom stereocenters. The summed E-state index contributed by atoms with van der Waals surface area (Å²) in [5, 5.41) is 2.08. The first-order valence-electron chi connectivity index (χ1n) is 7.97. The van der Waals surface area contributed by atoms with Crippen LogP contribution in [-0.2, 0) is 0 Å². The Morgan fingerprint density at radius 1 is 1.04 bits per heavy atom. The molecule has 0 saturated carbocycles. The smallest absolute Gasteiger partial charge is 0.344 e. The lowest BCUT2D eigenvalue weighted by Crippen LogP contribution is -2.10. The standard InChI is InChI=1S/C21H19BrO2/c1-13(2)16-9-8-14(3)19(12-16)24-21(23)18-11-10-15-6-4-5-7-17(15)20(18)22/h4-13H,1-3H3. The summed E-state index contributed by atoms with van der Waals surface area (Å²) in [6, 6.07) is 17.7. The van der Waals surface area contributed by atoms with E-state index in [0.29, 0.717) is 17.2 Å².